The SMILES string of the molecule is Cc1cc(Cl)ccc1NC(=O)/C=C/c1cccc(C(F)(F)F)c1. The van der Waals surface area contributed by atoms with E-state index >= 15 is 0 Å². The molecule has 0 saturated heterocycles. The summed E-state index contributed by atoms with van der Waals surface area (Å²) in [5, 5.41) is 3.20. The van der Waals surface area contributed by atoms with Gasteiger partial charge in [0.1, 0.15) is 0 Å². The van der Waals surface area contributed by atoms with Crippen LogP contribution in [0.15, 0.2) is 48.5 Å². The third-order valence-electron chi connectivity index (χ3n) is 3.09. The molecule has 1 N–H and O–H groups in total. The Bertz CT molecular complexity index is 754. The number of hydrogen-bond donors (Lipinski definition) is 1. The number of carbonyl (C=O) groups is 1. The number of amides is 1. The fourth-order valence-corrected chi connectivity index (χ4v) is 2.16. The van der Waals surface area contributed by atoms with Crippen molar-refractivity contribution in [3.63, 3.8) is 0 Å². The minimum Gasteiger partial charge on any atom is -0.322 e. The van der Waals surface area contributed by atoms with Crippen LogP contribution >= 0.6 is 11.6 Å². The van der Waals surface area contributed by atoms with Gasteiger partial charge in [0.2, 0.25) is 5.91 Å². The van der Waals surface area contributed by atoms with Gasteiger partial charge < -0.3 is 5.32 Å². The quantitative estimate of drug-likeness (QED) is 0.753. The predicted molar refractivity (Wildman–Crippen MR) is 85.3 cm³/mol. The lowest BCUT2D eigenvalue weighted by molar-refractivity contribution is -0.137. The molecule has 1 amide bonds. The Morgan fingerprint density at radius 1 is 1.17 bits per heavy atom. The van der Waals surface area contributed by atoms with Crippen LogP contribution < -0.4 is 5.32 Å². The molecule has 0 heterocycles. The maximum atomic E-state index is 12.6. The Morgan fingerprint density at radius 2 is 1.91 bits per heavy atom. The molecule has 0 saturated carbocycles. The number of anilines is 1. The summed E-state index contributed by atoms with van der Waals surface area (Å²) in [4.78, 5) is 11.9. The average Bonchev–Trinajstić information content (AvgIpc) is 2.47. The average molecular weight is 340 g/mol. The van der Waals surface area contributed by atoms with E-state index in [1.807, 2.05) is 0 Å². The number of carbonyl (C=O) groups excluding carboxylic acids is 1. The number of rotatable bonds is 3. The van der Waals surface area contributed by atoms with Gasteiger partial charge in [0.25, 0.3) is 0 Å². The Balaban J connectivity index is 2.09. The van der Waals surface area contributed by atoms with Gasteiger partial charge in [0, 0.05) is 16.8 Å². The molecule has 0 aliphatic carbocycles. The van der Waals surface area contributed by atoms with Crippen LogP contribution in [-0.4, -0.2) is 5.91 Å². The van der Waals surface area contributed by atoms with Crippen molar-refractivity contribution >= 4 is 29.3 Å². The first-order valence-electron chi connectivity index (χ1n) is 6.68. The maximum Gasteiger partial charge on any atom is 0.416 e. The van der Waals surface area contributed by atoms with Gasteiger partial charge in [-0.3, -0.25) is 4.79 Å². The molecular formula is C17H13ClF3NO. The molecule has 0 radical (unpaired) electrons. The molecule has 2 rings (SSSR count). The summed E-state index contributed by atoms with van der Waals surface area (Å²) in [6, 6.07) is 9.75. The zero-order chi connectivity index (χ0) is 17.0. The second kappa shape index (κ2) is 6.87. The number of aryl methyl sites for hydroxylation is 1. The van der Waals surface area contributed by atoms with E-state index in [9.17, 15) is 18.0 Å². The Morgan fingerprint density at radius 3 is 2.57 bits per heavy atom. The fourth-order valence-electron chi connectivity index (χ4n) is 1.93. The predicted octanol–water partition coefficient (Wildman–Crippen LogP) is 5.32. The standard InChI is InChI=1S/C17H13ClF3NO/c1-11-9-14(18)6-7-15(11)22-16(23)8-5-12-3-2-4-13(10-12)17(19,20)21/h2-10H,1H3,(H,22,23)/b8-5+. The second-order valence-electron chi connectivity index (χ2n) is 4.91. The van der Waals surface area contributed by atoms with Crippen LogP contribution in [-0.2, 0) is 11.0 Å². The number of hydrogen-bond acceptors (Lipinski definition) is 1. The van der Waals surface area contributed by atoms with Crippen LogP contribution in [0.4, 0.5) is 18.9 Å². The Hall–Kier alpha value is -2.27. The first kappa shape index (κ1) is 17.1. The van der Waals surface area contributed by atoms with Crippen molar-refractivity contribution in [2.75, 3.05) is 5.32 Å². The molecule has 2 aromatic rings. The highest BCUT2D eigenvalue weighted by molar-refractivity contribution is 6.30. The van der Waals surface area contributed by atoms with Gasteiger partial charge in [-0.15, -0.1) is 0 Å². The third-order valence-corrected chi connectivity index (χ3v) is 3.32. The summed E-state index contributed by atoms with van der Waals surface area (Å²) < 4.78 is 37.9. The van der Waals surface area contributed by atoms with Crippen molar-refractivity contribution in [1.29, 1.82) is 0 Å². The van der Waals surface area contributed by atoms with Crippen molar-refractivity contribution < 1.29 is 18.0 Å². The number of halogens is 4. The molecule has 0 unspecified atom stereocenters. The van der Waals surface area contributed by atoms with E-state index in [2.05, 4.69) is 5.32 Å². The van der Waals surface area contributed by atoms with Crippen molar-refractivity contribution in [3.05, 3.63) is 70.3 Å². The maximum absolute atomic E-state index is 12.6. The normalized spacial score (nSPS) is 11.7. The van der Waals surface area contributed by atoms with Gasteiger partial charge in [-0.05, 0) is 54.5 Å². The first-order chi connectivity index (χ1) is 10.8. The fraction of sp³-hybridized carbons (Fsp3) is 0.118. The molecule has 0 bridgehead atoms. The lowest BCUT2D eigenvalue weighted by Gasteiger charge is -2.07. The van der Waals surface area contributed by atoms with Crippen LogP contribution in [0.5, 0.6) is 0 Å². The van der Waals surface area contributed by atoms with Crippen LogP contribution in [0, 0.1) is 6.92 Å². The van der Waals surface area contributed by atoms with Gasteiger partial charge in [-0.25, -0.2) is 0 Å². The van der Waals surface area contributed by atoms with Crippen LogP contribution in [0.3, 0.4) is 0 Å². The largest absolute Gasteiger partial charge is 0.416 e. The van der Waals surface area contributed by atoms with E-state index in [1.165, 1.54) is 24.3 Å². The Labute approximate surface area is 136 Å². The van der Waals surface area contributed by atoms with E-state index in [1.54, 1.807) is 25.1 Å². The molecule has 0 aliphatic heterocycles. The van der Waals surface area contributed by atoms with Crippen LogP contribution in [0.25, 0.3) is 6.08 Å². The summed E-state index contributed by atoms with van der Waals surface area (Å²) in [7, 11) is 0. The molecule has 0 aliphatic rings. The smallest absolute Gasteiger partial charge is 0.322 e. The number of benzene rings is 2. The molecule has 0 aromatic heterocycles. The summed E-state index contributed by atoms with van der Waals surface area (Å²) in [5.74, 6) is -0.437. The van der Waals surface area contributed by atoms with Crippen molar-refractivity contribution in [2.45, 2.75) is 13.1 Å². The van der Waals surface area contributed by atoms with Gasteiger partial charge >= 0.3 is 6.18 Å². The monoisotopic (exact) mass is 339 g/mol. The van der Waals surface area contributed by atoms with E-state index in [0.717, 1.165) is 17.7 Å². The Kier molecular flexibility index (Phi) is 5.11. The highest BCUT2D eigenvalue weighted by atomic mass is 35.5. The van der Waals surface area contributed by atoms with Crippen molar-refractivity contribution in [3.8, 4) is 0 Å². The van der Waals surface area contributed by atoms with Crippen molar-refractivity contribution in [1.82, 2.24) is 0 Å². The summed E-state index contributed by atoms with van der Waals surface area (Å²) in [5.41, 5.74) is 0.919. The van der Waals surface area contributed by atoms with Crippen molar-refractivity contribution in [2.24, 2.45) is 0 Å². The zero-order valence-corrected chi connectivity index (χ0v) is 12.9. The lowest BCUT2D eigenvalue weighted by atomic mass is 10.1. The lowest BCUT2D eigenvalue weighted by Crippen LogP contribution is -2.09. The number of nitrogens with one attached hydrogen (secondary N) is 1. The molecule has 0 spiro atoms. The highest BCUT2D eigenvalue weighted by Gasteiger charge is 2.30. The molecule has 2 nitrogen and oxygen atoms in total. The van der Waals surface area contributed by atoms with E-state index in [0.29, 0.717) is 16.3 Å². The first-order valence-corrected chi connectivity index (χ1v) is 7.06. The van der Waals surface area contributed by atoms with Crippen LogP contribution in [0.1, 0.15) is 16.7 Å². The van der Waals surface area contributed by atoms with Gasteiger partial charge in [-0.1, -0.05) is 23.7 Å². The summed E-state index contributed by atoms with van der Waals surface area (Å²) in [6.45, 7) is 1.79. The molecule has 120 valence electrons. The number of alkyl halides is 3. The molecular weight excluding hydrogens is 327 g/mol. The summed E-state index contributed by atoms with van der Waals surface area (Å²) in [6.07, 6.45) is -1.90. The van der Waals surface area contributed by atoms with Gasteiger partial charge in [-0.2, -0.15) is 13.2 Å². The van der Waals surface area contributed by atoms with Gasteiger partial charge in [0.15, 0.2) is 0 Å². The summed E-state index contributed by atoms with van der Waals surface area (Å²) >= 11 is 5.83. The topological polar surface area (TPSA) is 29.1 Å². The van der Waals surface area contributed by atoms with E-state index in [4.69, 9.17) is 11.6 Å². The molecule has 2 aromatic carbocycles. The van der Waals surface area contributed by atoms with Crippen LogP contribution in [0.2, 0.25) is 5.02 Å². The van der Waals surface area contributed by atoms with E-state index in [-0.39, 0.29) is 0 Å². The molecule has 0 atom stereocenters. The molecule has 23 heavy (non-hydrogen) atoms. The molecule has 6 heteroatoms. The molecule has 0 fully saturated rings. The highest BCUT2D eigenvalue weighted by Crippen LogP contribution is 2.29. The van der Waals surface area contributed by atoms with E-state index < -0.39 is 17.6 Å². The van der Waals surface area contributed by atoms with Gasteiger partial charge in [0.05, 0.1) is 5.56 Å². The minimum atomic E-state index is -4.41. The minimum absolute atomic E-state index is 0.294. The zero-order valence-electron chi connectivity index (χ0n) is 12.1. The second-order valence-corrected chi connectivity index (χ2v) is 5.34. The third kappa shape index (κ3) is 4.86.